The molecule has 0 aliphatic carbocycles. The fourth-order valence-corrected chi connectivity index (χ4v) is 2.44. The van der Waals surface area contributed by atoms with Gasteiger partial charge in [-0.05, 0) is 36.8 Å². The van der Waals surface area contributed by atoms with Crippen LogP contribution in [0, 0.1) is 6.92 Å². The number of aromatic carboxylic acids is 1. The van der Waals surface area contributed by atoms with Crippen LogP contribution < -0.4 is 5.32 Å². The van der Waals surface area contributed by atoms with Gasteiger partial charge in [-0.1, -0.05) is 6.07 Å². The van der Waals surface area contributed by atoms with Gasteiger partial charge in [0.05, 0.1) is 11.4 Å². The van der Waals surface area contributed by atoms with Gasteiger partial charge in [0.1, 0.15) is 5.76 Å². The molecule has 112 valence electrons. The number of aryl methyl sites for hydroxylation is 1. The van der Waals surface area contributed by atoms with E-state index in [-0.39, 0.29) is 17.2 Å². The minimum atomic E-state index is -3.27. The van der Waals surface area contributed by atoms with Crippen LogP contribution in [-0.4, -0.2) is 25.7 Å². The van der Waals surface area contributed by atoms with Gasteiger partial charge in [0.15, 0.2) is 9.84 Å². The highest BCUT2D eigenvalue weighted by Gasteiger charge is 2.11. The van der Waals surface area contributed by atoms with E-state index in [1.807, 2.05) is 6.92 Å². The third kappa shape index (κ3) is 3.63. The summed E-state index contributed by atoms with van der Waals surface area (Å²) in [4.78, 5) is 10.9. The Morgan fingerprint density at radius 3 is 2.57 bits per heavy atom. The maximum atomic E-state index is 11.5. The van der Waals surface area contributed by atoms with E-state index >= 15 is 0 Å². The molecule has 0 atom stereocenters. The number of carboxylic acid groups (broad SMARTS) is 1. The van der Waals surface area contributed by atoms with Crippen LogP contribution in [-0.2, 0) is 16.4 Å². The average Bonchev–Trinajstić information content (AvgIpc) is 2.85. The first-order valence-corrected chi connectivity index (χ1v) is 8.03. The second kappa shape index (κ2) is 5.61. The van der Waals surface area contributed by atoms with E-state index in [2.05, 4.69) is 5.32 Å². The number of nitrogens with one attached hydrogen (secondary N) is 1. The van der Waals surface area contributed by atoms with Gasteiger partial charge < -0.3 is 14.8 Å². The summed E-state index contributed by atoms with van der Waals surface area (Å²) in [6.07, 6.45) is 1.15. The number of carboxylic acids is 1. The lowest BCUT2D eigenvalue weighted by Gasteiger charge is -2.10. The lowest BCUT2D eigenvalue weighted by molar-refractivity contribution is 0.0660. The lowest BCUT2D eigenvalue weighted by atomic mass is 10.2. The largest absolute Gasteiger partial charge is 0.475 e. The smallest absolute Gasteiger partial charge is 0.371 e. The zero-order chi connectivity index (χ0) is 15.6. The minimum absolute atomic E-state index is 0.131. The van der Waals surface area contributed by atoms with Gasteiger partial charge in [-0.3, -0.25) is 0 Å². The Hall–Kier alpha value is -2.28. The summed E-state index contributed by atoms with van der Waals surface area (Å²) in [6, 6.07) is 7.74. The predicted octanol–water partition coefficient (Wildman–Crippen LogP) is 2.30. The SMILES string of the molecule is Cc1ccc(S(C)(=O)=O)cc1NCc1ccc(C(=O)O)o1. The number of sulfone groups is 1. The van der Waals surface area contributed by atoms with Crippen LogP contribution in [0.3, 0.4) is 0 Å². The van der Waals surface area contributed by atoms with Crippen molar-refractivity contribution >= 4 is 21.5 Å². The fourth-order valence-electron chi connectivity index (χ4n) is 1.79. The molecule has 1 heterocycles. The summed E-state index contributed by atoms with van der Waals surface area (Å²) in [5, 5.41) is 11.8. The quantitative estimate of drug-likeness (QED) is 0.879. The zero-order valence-corrected chi connectivity index (χ0v) is 12.4. The normalized spacial score (nSPS) is 11.3. The molecule has 1 aromatic heterocycles. The van der Waals surface area contributed by atoms with Gasteiger partial charge >= 0.3 is 5.97 Å². The van der Waals surface area contributed by atoms with Gasteiger partial charge in [-0.15, -0.1) is 0 Å². The molecular weight excluding hydrogens is 294 g/mol. The molecule has 0 amide bonds. The summed E-state index contributed by atoms with van der Waals surface area (Å²) in [5.74, 6) is -0.804. The Morgan fingerprint density at radius 2 is 2.00 bits per heavy atom. The number of furan rings is 1. The predicted molar refractivity (Wildman–Crippen MR) is 77.3 cm³/mol. The van der Waals surface area contributed by atoms with Crippen LogP contribution in [0.25, 0.3) is 0 Å². The maximum Gasteiger partial charge on any atom is 0.371 e. The summed E-state index contributed by atoms with van der Waals surface area (Å²) in [5.41, 5.74) is 1.54. The minimum Gasteiger partial charge on any atom is -0.475 e. The van der Waals surface area contributed by atoms with Crippen molar-refractivity contribution in [2.45, 2.75) is 18.4 Å². The van der Waals surface area contributed by atoms with E-state index in [1.165, 1.54) is 6.07 Å². The van der Waals surface area contributed by atoms with Gasteiger partial charge in [0, 0.05) is 11.9 Å². The molecule has 0 saturated carbocycles. The van der Waals surface area contributed by atoms with Crippen molar-refractivity contribution < 1.29 is 22.7 Å². The number of rotatable bonds is 5. The van der Waals surface area contributed by atoms with Gasteiger partial charge in [0.25, 0.3) is 0 Å². The number of benzene rings is 1. The Balaban J connectivity index is 2.17. The molecule has 0 radical (unpaired) electrons. The topological polar surface area (TPSA) is 96.6 Å². The van der Waals surface area contributed by atoms with Crippen LogP contribution >= 0.6 is 0 Å². The summed E-state index contributed by atoms with van der Waals surface area (Å²) in [6.45, 7) is 2.11. The van der Waals surface area contributed by atoms with Crippen molar-refractivity contribution in [1.29, 1.82) is 0 Å². The highest BCUT2D eigenvalue weighted by molar-refractivity contribution is 7.90. The van der Waals surface area contributed by atoms with E-state index in [0.717, 1.165) is 11.8 Å². The molecule has 21 heavy (non-hydrogen) atoms. The molecule has 0 bridgehead atoms. The molecule has 2 aromatic rings. The van der Waals surface area contributed by atoms with E-state index in [4.69, 9.17) is 9.52 Å². The van der Waals surface area contributed by atoms with Gasteiger partial charge in [-0.25, -0.2) is 13.2 Å². The molecule has 0 aliphatic heterocycles. The summed E-state index contributed by atoms with van der Waals surface area (Å²) < 4.78 is 28.2. The average molecular weight is 309 g/mol. The Labute approximate surface area is 122 Å². The van der Waals surface area contributed by atoms with Crippen LogP contribution in [0.4, 0.5) is 5.69 Å². The Bertz CT molecular complexity index is 776. The first kappa shape index (κ1) is 15.1. The second-order valence-electron chi connectivity index (χ2n) is 4.67. The fraction of sp³-hybridized carbons (Fsp3) is 0.214. The molecule has 2 rings (SSSR count). The van der Waals surface area contributed by atoms with Crippen molar-refractivity contribution in [3.63, 3.8) is 0 Å². The van der Waals surface area contributed by atoms with E-state index in [1.54, 1.807) is 24.3 Å². The molecule has 0 spiro atoms. The molecule has 0 unspecified atom stereocenters. The molecule has 0 saturated heterocycles. The number of hydrogen-bond acceptors (Lipinski definition) is 5. The van der Waals surface area contributed by atoms with Crippen molar-refractivity contribution in [2.75, 3.05) is 11.6 Å². The summed E-state index contributed by atoms with van der Waals surface area (Å²) >= 11 is 0. The monoisotopic (exact) mass is 309 g/mol. The Kier molecular flexibility index (Phi) is 4.04. The van der Waals surface area contributed by atoms with Crippen molar-refractivity contribution in [2.24, 2.45) is 0 Å². The van der Waals surface area contributed by atoms with Crippen molar-refractivity contribution in [3.05, 3.63) is 47.4 Å². The van der Waals surface area contributed by atoms with E-state index in [0.29, 0.717) is 11.4 Å². The van der Waals surface area contributed by atoms with E-state index in [9.17, 15) is 13.2 Å². The van der Waals surface area contributed by atoms with Crippen LogP contribution in [0.1, 0.15) is 21.9 Å². The van der Waals surface area contributed by atoms with E-state index < -0.39 is 15.8 Å². The molecule has 1 aromatic carbocycles. The third-order valence-corrected chi connectivity index (χ3v) is 4.07. The molecule has 6 nitrogen and oxygen atoms in total. The summed E-state index contributed by atoms with van der Waals surface area (Å²) in [7, 11) is -3.27. The standard InChI is InChI=1S/C14H15NO5S/c1-9-3-5-11(21(2,18)19)7-12(9)15-8-10-4-6-13(20-10)14(16)17/h3-7,15H,8H2,1-2H3,(H,16,17). The second-order valence-corrected chi connectivity index (χ2v) is 6.69. The van der Waals surface area contributed by atoms with Crippen molar-refractivity contribution in [1.82, 2.24) is 0 Å². The number of carbonyl (C=O) groups is 1. The number of hydrogen-bond donors (Lipinski definition) is 2. The molecule has 2 N–H and O–H groups in total. The third-order valence-electron chi connectivity index (χ3n) is 2.96. The van der Waals surface area contributed by atoms with Crippen LogP contribution in [0.5, 0.6) is 0 Å². The van der Waals surface area contributed by atoms with Gasteiger partial charge in [-0.2, -0.15) is 0 Å². The highest BCUT2D eigenvalue weighted by atomic mass is 32.2. The highest BCUT2D eigenvalue weighted by Crippen LogP contribution is 2.21. The first-order valence-electron chi connectivity index (χ1n) is 6.14. The molecule has 7 heteroatoms. The maximum absolute atomic E-state index is 11.5. The first-order chi connectivity index (χ1) is 9.77. The van der Waals surface area contributed by atoms with Crippen LogP contribution in [0.15, 0.2) is 39.6 Å². The lowest BCUT2D eigenvalue weighted by Crippen LogP contribution is -2.03. The Morgan fingerprint density at radius 1 is 1.29 bits per heavy atom. The zero-order valence-electron chi connectivity index (χ0n) is 11.6. The van der Waals surface area contributed by atoms with Crippen molar-refractivity contribution in [3.8, 4) is 0 Å². The molecular formula is C14H15NO5S. The molecule has 0 aliphatic rings. The van der Waals surface area contributed by atoms with Crippen LogP contribution in [0.2, 0.25) is 0 Å². The molecule has 0 fully saturated rings. The number of anilines is 1. The van der Waals surface area contributed by atoms with Gasteiger partial charge in [0.2, 0.25) is 5.76 Å².